The Morgan fingerprint density at radius 3 is 2.42 bits per heavy atom. The highest BCUT2D eigenvalue weighted by molar-refractivity contribution is 5.84. The molecule has 1 amide bonds. The summed E-state index contributed by atoms with van der Waals surface area (Å²) in [4.78, 5) is 22.3. The quantitative estimate of drug-likeness (QED) is 0.656. The van der Waals surface area contributed by atoms with E-state index in [0.717, 1.165) is 0 Å². The minimum absolute atomic E-state index is 0.113. The molecule has 0 aliphatic carbocycles. The van der Waals surface area contributed by atoms with E-state index in [-0.39, 0.29) is 13.0 Å². The van der Waals surface area contributed by atoms with E-state index >= 15 is 0 Å². The van der Waals surface area contributed by atoms with Crippen LogP contribution in [0.1, 0.15) is 40.0 Å². The number of nitrogens with one attached hydrogen (secondary N) is 1. The summed E-state index contributed by atoms with van der Waals surface area (Å²) in [5.41, 5.74) is 0. The molecule has 112 valence electrons. The minimum atomic E-state index is -3.63. The van der Waals surface area contributed by atoms with Gasteiger partial charge in [0.2, 0.25) is 0 Å². The second kappa shape index (κ2) is 8.04. The molecular weight excluding hydrogens is 260 g/mol. The fourth-order valence-electron chi connectivity index (χ4n) is 1.51. The average Bonchev–Trinajstić information content (AvgIpc) is 2.25. The first-order valence-electron chi connectivity index (χ1n) is 6.21. The van der Waals surface area contributed by atoms with Gasteiger partial charge in [-0.1, -0.05) is 0 Å². The van der Waals surface area contributed by atoms with E-state index in [2.05, 4.69) is 10.1 Å². The van der Waals surface area contributed by atoms with Crippen molar-refractivity contribution in [3.05, 3.63) is 0 Å². The highest BCUT2D eigenvalue weighted by Crippen LogP contribution is 2.21. The van der Waals surface area contributed by atoms with Crippen LogP contribution in [0.2, 0.25) is 0 Å². The lowest BCUT2D eigenvalue weighted by Gasteiger charge is -2.20. The lowest BCUT2D eigenvalue weighted by molar-refractivity contribution is -0.152. The van der Waals surface area contributed by atoms with Crippen LogP contribution in [-0.2, 0) is 14.3 Å². The zero-order valence-corrected chi connectivity index (χ0v) is 11.4. The minimum Gasteiger partial charge on any atom is -0.466 e. The number of halogens is 2. The maximum atomic E-state index is 13.4. The highest BCUT2D eigenvalue weighted by Gasteiger charge is 2.39. The van der Waals surface area contributed by atoms with Gasteiger partial charge < -0.3 is 15.2 Å². The van der Waals surface area contributed by atoms with Crippen LogP contribution >= 0.6 is 0 Å². The maximum Gasteiger partial charge on any atom is 0.325 e. The van der Waals surface area contributed by atoms with E-state index in [1.165, 1.54) is 13.8 Å². The monoisotopic (exact) mass is 281 g/mol. The zero-order valence-electron chi connectivity index (χ0n) is 11.4. The molecule has 2 atom stereocenters. The van der Waals surface area contributed by atoms with E-state index in [0.29, 0.717) is 0 Å². The molecular formula is C12H21F2NO4. The number of esters is 1. The molecule has 0 aliphatic heterocycles. The van der Waals surface area contributed by atoms with Gasteiger partial charge in [-0.25, -0.2) is 0 Å². The number of amides is 1. The standard InChI is InChI=1S/C12H21F2NO4/c1-4-19-10(17)5-6-12(13,14)11(18)15-8(2)7-9(3)16/h8-9,16H,4-7H2,1-3H3,(H,15,18). The van der Waals surface area contributed by atoms with Crippen molar-refractivity contribution in [1.82, 2.24) is 5.32 Å². The molecule has 0 aliphatic rings. The van der Waals surface area contributed by atoms with Crippen molar-refractivity contribution in [2.45, 2.75) is 58.1 Å². The van der Waals surface area contributed by atoms with Crippen molar-refractivity contribution in [2.24, 2.45) is 0 Å². The van der Waals surface area contributed by atoms with Gasteiger partial charge in [0.1, 0.15) is 0 Å². The highest BCUT2D eigenvalue weighted by atomic mass is 19.3. The van der Waals surface area contributed by atoms with Gasteiger partial charge in [-0.3, -0.25) is 9.59 Å². The van der Waals surface area contributed by atoms with E-state index < -0.39 is 42.8 Å². The van der Waals surface area contributed by atoms with Crippen molar-refractivity contribution in [3.8, 4) is 0 Å². The van der Waals surface area contributed by atoms with E-state index in [1.807, 2.05) is 0 Å². The van der Waals surface area contributed by atoms with Gasteiger partial charge in [0.05, 0.1) is 19.1 Å². The zero-order chi connectivity index (χ0) is 15.1. The number of aliphatic hydroxyl groups is 1. The molecule has 0 saturated heterocycles. The molecule has 7 heteroatoms. The summed E-state index contributed by atoms with van der Waals surface area (Å²) in [5.74, 6) is -5.82. The predicted molar refractivity (Wildman–Crippen MR) is 64.7 cm³/mol. The van der Waals surface area contributed by atoms with Gasteiger partial charge in [-0.15, -0.1) is 0 Å². The van der Waals surface area contributed by atoms with Crippen LogP contribution in [0.5, 0.6) is 0 Å². The molecule has 0 radical (unpaired) electrons. The van der Waals surface area contributed by atoms with Gasteiger partial charge in [0.25, 0.3) is 5.91 Å². The number of hydrogen-bond acceptors (Lipinski definition) is 4. The molecule has 0 aromatic heterocycles. The number of carbonyl (C=O) groups is 2. The van der Waals surface area contributed by atoms with Crippen LogP contribution in [0.4, 0.5) is 8.78 Å². The van der Waals surface area contributed by atoms with Gasteiger partial charge in [0, 0.05) is 12.5 Å². The first-order valence-corrected chi connectivity index (χ1v) is 6.21. The molecule has 0 fully saturated rings. The van der Waals surface area contributed by atoms with Crippen LogP contribution in [-0.4, -0.2) is 41.7 Å². The molecule has 0 saturated carbocycles. The molecule has 2 N–H and O–H groups in total. The second-order valence-electron chi connectivity index (χ2n) is 4.47. The number of aliphatic hydroxyl groups excluding tert-OH is 1. The summed E-state index contributed by atoms with van der Waals surface area (Å²) in [7, 11) is 0. The first-order chi connectivity index (χ1) is 8.69. The van der Waals surface area contributed by atoms with Crippen molar-refractivity contribution in [2.75, 3.05) is 6.61 Å². The van der Waals surface area contributed by atoms with Crippen molar-refractivity contribution in [3.63, 3.8) is 0 Å². The Labute approximate surface area is 111 Å². The lowest BCUT2D eigenvalue weighted by atomic mass is 10.1. The number of carbonyl (C=O) groups excluding carboxylic acids is 2. The summed E-state index contributed by atoms with van der Waals surface area (Å²) in [6, 6.07) is -0.569. The SMILES string of the molecule is CCOC(=O)CCC(F)(F)C(=O)NC(C)CC(C)O. The molecule has 2 unspecified atom stereocenters. The molecule has 0 heterocycles. The summed E-state index contributed by atoms with van der Waals surface area (Å²) in [6.07, 6.45) is -1.92. The third-order valence-corrected chi connectivity index (χ3v) is 2.35. The summed E-state index contributed by atoms with van der Waals surface area (Å²) < 4.78 is 31.4. The Hall–Kier alpha value is -1.24. The van der Waals surface area contributed by atoms with Crippen LogP contribution in [0, 0.1) is 0 Å². The summed E-state index contributed by atoms with van der Waals surface area (Å²) in [6.45, 7) is 4.70. The number of alkyl halides is 2. The third kappa shape index (κ3) is 7.71. The number of rotatable bonds is 8. The molecule has 19 heavy (non-hydrogen) atoms. The fraction of sp³-hybridized carbons (Fsp3) is 0.833. The summed E-state index contributed by atoms with van der Waals surface area (Å²) >= 11 is 0. The third-order valence-electron chi connectivity index (χ3n) is 2.35. The average molecular weight is 281 g/mol. The maximum absolute atomic E-state index is 13.4. The Kier molecular flexibility index (Phi) is 7.51. The van der Waals surface area contributed by atoms with Gasteiger partial charge in [-0.05, 0) is 27.2 Å². The second-order valence-corrected chi connectivity index (χ2v) is 4.47. The van der Waals surface area contributed by atoms with E-state index in [1.54, 1.807) is 6.92 Å². The summed E-state index contributed by atoms with van der Waals surface area (Å²) in [5, 5.41) is 11.2. The molecule has 5 nitrogen and oxygen atoms in total. The first kappa shape index (κ1) is 17.8. The Morgan fingerprint density at radius 1 is 1.37 bits per heavy atom. The van der Waals surface area contributed by atoms with E-state index in [9.17, 15) is 18.4 Å². The topological polar surface area (TPSA) is 75.6 Å². The number of ether oxygens (including phenoxy) is 1. The Balaban J connectivity index is 4.23. The Morgan fingerprint density at radius 2 is 1.95 bits per heavy atom. The van der Waals surface area contributed by atoms with E-state index in [4.69, 9.17) is 5.11 Å². The van der Waals surface area contributed by atoms with Gasteiger partial charge >= 0.3 is 11.9 Å². The number of hydrogen-bond donors (Lipinski definition) is 2. The van der Waals surface area contributed by atoms with Crippen LogP contribution in [0.3, 0.4) is 0 Å². The molecule has 0 aromatic rings. The van der Waals surface area contributed by atoms with Crippen molar-refractivity contribution >= 4 is 11.9 Å². The normalized spacial score (nSPS) is 14.6. The van der Waals surface area contributed by atoms with Gasteiger partial charge in [0.15, 0.2) is 0 Å². The molecule has 0 bridgehead atoms. The largest absolute Gasteiger partial charge is 0.466 e. The molecule has 0 aromatic carbocycles. The van der Waals surface area contributed by atoms with Crippen LogP contribution in [0.15, 0.2) is 0 Å². The predicted octanol–water partition coefficient (Wildman–Crippen LogP) is 1.24. The van der Waals surface area contributed by atoms with Crippen LogP contribution < -0.4 is 5.32 Å². The fourth-order valence-corrected chi connectivity index (χ4v) is 1.51. The van der Waals surface area contributed by atoms with Crippen molar-refractivity contribution < 1.29 is 28.2 Å². The smallest absolute Gasteiger partial charge is 0.325 e. The van der Waals surface area contributed by atoms with Crippen molar-refractivity contribution in [1.29, 1.82) is 0 Å². The van der Waals surface area contributed by atoms with Crippen LogP contribution in [0.25, 0.3) is 0 Å². The lowest BCUT2D eigenvalue weighted by Crippen LogP contribution is -2.45. The van der Waals surface area contributed by atoms with Gasteiger partial charge in [-0.2, -0.15) is 8.78 Å². The Bertz CT molecular complexity index is 308. The molecule has 0 rings (SSSR count). The molecule has 0 spiro atoms.